The molecule has 2 rings (SSSR count). The molecule has 0 atom stereocenters. The van der Waals surface area contributed by atoms with E-state index in [1.165, 1.54) is 24.5 Å². The van der Waals surface area contributed by atoms with Gasteiger partial charge in [0.1, 0.15) is 5.00 Å². The van der Waals surface area contributed by atoms with Crippen LogP contribution in [0.25, 0.3) is 0 Å². The van der Waals surface area contributed by atoms with Crippen LogP contribution in [-0.4, -0.2) is 23.1 Å². The van der Waals surface area contributed by atoms with Crippen LogP contribution in [0.5, 0.6) is 0 Å². The molecule has 26 heavy (non-hydrogen) atoms. The highest BCUT2D eigenvalue weighted by atomic mass is 32.1. The number of aryl methyl sites for hydroxylation is 1. The average molecular weight is 397 g/mol. The minimum atomic E-state index is -0.936. The lowest BCUT2D eigenvalue weighted by Crippen LogP contribution is -2.20. The summed E-state index contributed by atoms with van der Waals surface area (Å²) >= 11 is 6.55. The monoisotopic (exact) mass is 397 g/mol. The Morgan fingerprint density at radius 3 is 2.69 bits per heavy atom. The molecule has 2 aromatic rings. The van der Waals surface area contributed by atoms with Gasteiger partial charge >= 0.3 is 11.7 Å². The summed E-state index contributed by atoms with van der Waals surface area (Å²) < 4.78 is 18.2. The zero-order valence-corrected chi connectivity index (χ0v) is 15.8. The Labute approximate surface area is 158 Å². The van der Waals surface area contributed by atoms with Gasteiger partial charge in [-0.05, 0) is 43.3 Å². The molecular formula is C16H16FN3O4S2. The lowest BCUT2D eigenvalue weighted by molar-refractivity contribution is -0.387. The number of nitrogens with zero attached hydrogens (tertiary/aromatic N) is 1. The van der Waals surface area contributed by atoms with Crippen LogP contribution in [0.1, 0.15) is 27.7 Å². The van der Waals surface area contributed by atoms with Crippen LogP contribution in [0.15, 0.2) is 18.2 Å². The van der Waals surface area contributed by atoms with E-state index < -0.39 is 22.4 Å². The first-order valence-corrected chi connectivity index (χ1v) is 8.73. The molecule has 138 valence electrons. The summed E-state index contributed by atoms with van der Waals surface area (Å²) in [7, 11) is 1.30. The Bertz CT molecular complexity index is 883. The number of nitrogens with one attached hydrogen (secondary N) is 2. The second-order valence-corrected chi connectivity index (χ2v) is 6.82. The van der Waals surface area contributed by atoms with Gasteiger partial charge in [0.25, 0.3) is 0 Å². The Morgan fingerprint density at radius 1 is 1.42 bits per heavy atom. The Hall–Kier alpha value is -2.59. The third-order valence-electron chi connectivity index (χ3n) is 3.58. The fourth-order valence-corrected chi connectivity index (χ4v) is 3.83. The fourth-order valence-electron chi connectivity index (χ4n) is 2.41. The molecule has 0 unspecified atom stereocenters. The standard InChI is InChI=1S/C16H16FN3O4S2/c1-4-10-8(2)26-14(13(10)15(21)24-3)19-16(25)18-9-5-6-11(17)12(7-9)20(22)23/h5-7H,4H2,1-3H3,(H2,18,19,25). The second-order valence-electron chi connectivity index (χ2n) is 5.19. The Balaban J connectivity index is 2.25. The van der Waals surface area contributed by atoms with E-state index >= 15 is 0 Å². The van der Waals surface area contributed by atoms with E-state index in [-0.39, 0.29) is 10.8 Å². The number of carbonyl (C=O) groups is 1. The van der Waals surface area contributed by atoms with Gasteiger partial charge in [-0.3, -0.25) is 10.1 Å². The maximum Gasteiger partial charge on any atom is 0.341 e. The smallest absolute Gasteiger partial charge is 0.341 e. The van der Waals surface area contributed by atoms with Crippen molar-refractivity contribution in [2.45, 2.75) is 20.3 Å². The van der Waals surface area contributed by atoms with E-state index in [1.807, 2.05) is 13.8 Å². The van der Waals surface area contributed by atoms with E-state index in [0.29, 0.717) is 17.0 Å². The number of nitro groups is 1. The Morgan fingerprint density at radius 2 is 2.12 bits per heavy atom. The third kappa shape index (κ3) is 4.14. The van der Waals surface area contributed by atoms with Crippen molar-refractivity contribution >= 4 is 51.0 Å². The first-order chi connectivity index (χ1) is 12.3. The lowest BCUT2D eigenvalue weighted by atomic mass is 10.1. The molecule has 0 fully saturated rings. The van der Waals surface area contributed by atoms with Gasteiger partial charge in [0, 0.05) is 16.6 Å². The zero-order chi connectivity index (χ0) is 19.4. The second kappa shape index (κ2) is 8.19. The van der Waals surface area contributed by atoms with Crippen molar-refractivity contribution in [2.75, 3.05) is 17.7 Å². The molecular weight excluding hydrogens is 381 g/mol. The first kappa shape index (κ1) is 19.7. The van der Waals surface area contributed by atoms with Gasteiger partial charge in [0.05, 0.1) is 17.6 Å². The zero-order valence-electron chi connectivity index (χ0n) is 14.2. The number of thiocarbonyl (C=S) groups is 1. The quantitative estimate of drug-likeness (QED) is 0.337. The highest BCUT2D eigenvalue weighted by molar-refractivity contribution is 7.80. The number of ether oxygens (including phenoxy) is 1. The number of thiophene rings is 1. The molecule has 0 aliphatic heterocycles. The van der Waals surface area contributed by atoms with Crippen molar-refractivity contribution in [3.05, 3.63) is 50.1 Å². The van der Waals surface area contributed by atoms with Crippen LogP contribution < -0.4 is 10.6 Å². The largest absolute Gasteiger partial charge is 0.465 e. The number of methoxy groups -OCH3 is 1. The number of halogens is 1. The van der Waals surface area contributed by atoms with E-state index in [0.717, 1.165) is 22.6 Å². The molecule has 0 amide bonds. The Kier molecular flexibility index (Phi) is 6.22. The van der Waals surface area contributed by atoms with Crippen molar-refractivity contribution in [2.24, 2.45) is 0 Å². The van der Waals surface area contributed by atoms with Crippen LogP contribution in [-0.2, 0) is 11.2 Å². The average Bonchev–Trinajstić information content (AvgIpc) is 2.90. The summed E-state index contributed by atoms with van der Waals surface area (Å²) in [6, 6.07) is 3.35. The summed E-state index contributed by atoms with van der Waals surface area (Å²) in [5, 5.41) is 17.1. The number of anilines is 2. The minimum Gasteiger partial charge on any atom is -0.465 e. The highest BCUT2D eigenvalue weighted by Gasteiger charge is 2.22. The first-order valence-electron chi connectivity index (χ1n) is 7.51. The third-order valence-corrected chi connectivity index (χ3v) is 4.85. The molecule has 1 aromatic carbocycles. The molecule has 0 bridgehead atoms. The molecule has 0 saturated heterocycles. The summed E-state index contributed by atoms with van der Waals surface area (Å²) in [5.41, 5.74) is 0.865. The van der Waals surface area contributed by atoms with Crippen molar-refractivity contribution in [1.82, 2.24) is 0 Å². The molecule has 0 aliphatic rings. The van der Waals surface area contributed by atoms with Crippen molar-refractivity contribution in [3.63, 3.8) is 0 Å². The number of carbonyl (C=O) groups excluding carboxylic acids is 1. The summed E-state index contributed by atoms with van der Waals surface area (Å²) in [6.07, 6.45) is 0.652. The van der Waals surface area contributed by atoms with Gasteiger partial charge in [-0.2, -0.15) is 4.39 Å². The molecule has 0 aliphatic carbocycles. The fraction of sp³-hybridized carbons (Fsp3) is 0.250. The molecule has 0 radical (unpaired) electrons. The van der Waals surface area contributed by atoms with Gasteiger partial charge in [0.15, 0.2) is 5.11 Å². The van der Waals surface area contributed by atoms with Crippen LogP contribution in [0.3, 0.4) is 0 Å². The molecule has 1 aromatic heterocycles. The predicted molar refractivity (Wildman–Crippen MR) is 103 cm³/mol. The van der Waals surface area contributed by atoms with Gasteiger partial charge in [0.2, 0.25) is 5.82 Å². The maximum atomic E-state index is 13.4. The number of hydrogen-bond acceptors (Lipinski definition) is 6. The molecule has 0 spiro atoms. The van der Waals surface area contributed by atoms with Crippen molar-refractivity contribution < 1.29 is 18.8 Å². The van der Waals surface area contributed by atoms with E-state index in [4.69, 9.17) is 17.0 Å². The number of hydrogen-bond donors (Lipinski definition) is 2. The molecule has 7 nitrogen and oxygen atoms in total. The number of nitro benzene ring substituents is 1. The normalized spacial score (nSPS) is 10.3. The molecule has 0 saturated carbocycles. The summed E-state index contributed by atoms with van der Waals surface area (Å²) in [5.74, 6) is -1.41. The van der Waals surface area contributed by atoms with Crippen LogP contribution >= 0.6 is 23.6 Å². The van der Waals surface area contributed by atoms with Crippen LogP contribution in [0, 0.1) is 22.9 Å². The number of benzene rings is 1. The SMILES string of the molecule is CCc1c(C)sc(NC(=S)Nc2ccc(F)c([N+](=O)[O-])c2)c1C(=O)OC. The molecule has 10 heteroatoms. The maximum absolute atomic E-state index is 13.4. The van der Waals surface area contributed by atoms with Crippen LogP contribution in [0.4, 0.5) is 20.8 Å². The minimum absolute atomic E-state index is 0.111. The van der Waals surface area contributed by atoms with Gasteiger partial charge in [-0.25, -0.2) is 4.79 Å². The summed E-state index contributed by atoms with van der Waals surface area (Å²) in [6.45, 7) is 3.82. The topological polar surface area (TPSA) is 93.5 Å². The van der Waals surface area contributed by atoms with E-state index in [9.17, 15) is 19.3 Å². The summed E-state index contributed by atoms with van der Waals surface area (Å²) in [4.78, 5) is 23.0. The van der Waals surface area contributed by atoms with Crippen molar-refractivity contribution in [3.8, 4) is 0 Å². The van der Waals surface area contributed by atoms with Gasteiger partial charge < -0.3 is 15.4 Å². The van der Waals surface area contributed by atoms with Gasteiger partial charge in [-0.1, -0.05) is 6.92 Å². The highest BCUT2D eigenvalue weighted by Crippen LogP contribution is 2.34. The lowest BCUT2D eigenvalue weighted by Gasteiger charge is -2.11. The van der Waals surface area contributed by atoms with Crippen LogP contribution in [0.2, 0.25) is 0 Å². The molecule has 1 heterocycles. The number of esters is 1. The van der Waals surface area contributed by atoms with E-state index in [2.05, 4.69) is 10.6 Å². The van der Waals surface area contributed by atoms with Crippen molar-refractivity contribution in [1.29, 1.82) is 0 Å². The van der Waals surface area contributed by atoms with Gasteiger partial charge in [-0.15, -0.1) is 11.3 Å². The number of rotatable bonds is 5. The predicted octanol–water partition coefficient (Wildman–Crippen LogP) is 4.26. The molecule has 2 N–H and O–H groups in total. The van der Waals surface area contributed by atoms with E-state index in [1.54, 1.807) is 0 Å².